The molecule has 1 amide bonds. The Kier molecular flexibility index (Phi) is 5.55. The maximum Gasteiger partial charge on any atom is 0.328 e. The van der Waals surface area contributed by atoms with Gasteiger partial charge in [0.15, 0.2) is 0 Å². The van der Waals surface area contributed by atoms with Crippen molar-refractivity contribution >= 4 is 28.9 Å². The number of benzene rings is 2. The number of hydrogen-bond acceptors (Lipinski definition) is 5. The molecule has 1 aromatic heterocycles. The van der Waals surface area contributed by atoms with E-state index >= 15 is 0 Å². The second kappa shape index (κ2) is 8.07. The highest BCUT2D eigenvalue weighted by Crippen LogP contribution is 2.27. The summed E-state index contributed by atoms with van der Waals surface area (Å²) in [5, 5.41) is 13.2. The van der Waals surface area contributed by atoms with Crippen LogP contribution in [-0.2, 0) is 6.54 Å². The first-order valence-corrected chi connectivity index (χ1v) is 8.47. The van der Waals surface area contributed by atoms with Crippen LogP contribution in [0, 0.1) is 15.9 Å². The molecule has 0 saturated carbocycles. The number of amides is 1. The van der Waals surface area contributed by atoms with Crippen LogP contribution in [0.25, 0.3) is 0 Å². The van der Waals surface area contributed by atoms with Crippen molar-refractivity contribution in [3.8, 4) is 0 Å². The summed E-state index contributed by atoms with van der Waals surface area (Å²) in [5.74, 6) is -1.52. The summed E-state index contributed by atoms with van der Waals surface area (Å²) < 4.78 is 14.5. The van der Waals surface area contributed by atoms with Crippen LogP contribution >= 0.6 is 11.6 Å². The lowest BCUT2D eigenvalue weighted by Gasteiger charge is -2.09. The molecule has 9 nitrogen and oxygen atoms in total. The minimum absolute atomic E-state index is 0.0253. The number of H-pyrrole nitrogens is 1. The van der Waals surface area contributed by atoms with Crippen LogP contribution in [0.1, 0.15) is 15.9 Å². The van der Waals surface area contributed by atoms with Crippen molar-refractivity contribution in [2.75, 3.05) is 5.32 Å². The van der Waals surface area contributed by atoms with Gasteiger partial charge in [0.25, 0.3) is 17.2 Å². The monoisotopic (exact) mass is 418 g/mol. The first kappa shape index (κ1) is 20.0. The number of nitrogens with zero attached hydrogens (tertiary/aromatic N) is 2. The van der Waals surface area contributed by atoms with E-state index in [1.807, 2.05) is 0 Å². The minimum atomic E-state index is -0.946. The first-order valence-electron chi connectivity index (χ1n) is 8.09. The molecule has 3 aromatic rings. The molecule has 3 rings (SSSR count). The third-order valence-electron chi connectivity index (χ3n) is 3.99. The number of anilines is 1. The maximum absolute atomic E-state index is 13.8. The number of aromatic amines is 1. The van der Waals surface area contributed by atoms with Crippen LogP contribution in [-0.4, -0.2) is 20.4 Å². The van der Waals surface area contributed by atoms with Crippen molar-refractivity contribution < 1.29 is 14.1 Å². The van der Waals surface area contributed by atoms with Crippen LogP contribution in [0.4, 0.5) is 15.8 Å². The minimum Gasteiger partial charge on any atom is -0.322 e. The third kappa shape index (κ3) is 4.22. The number of nitro groups is 1. The van der Waals surface area contributed by atoms with Crippen LogP contribution < -0.4 is 16.6 Å². The molecule has 0 aliphatic heterocycles. The van der Waals surface area contributed by atoms with Crippen LogP contribution in [0.3, 0.4) is 0 Å². The van der Waals surface area contributed by atoms with Gasteiger partial charge in [0.05, 0.1) is 11.5 Å². The fraction of sp³-hybridized carbons (Fsp3) is 0.0556. The van der Waals surface area contributed by atoms with E-state index < -0.39 is 39.1 Å². The van der Waals surface area contributed by atoms with Gasteiger partial charge in [0.1, 0.15) is 16.4 Å². The fourth-order valence-electron chi connectivity index (χ4n) is 2.54. The normalized spacial score (nSPS) is 10.6. The Labute approximate surface area is 166 Å². The van der Waals surface area contributed by atoms with Gasteiger partial charge >= 0.3 is 5.69 Å². The number of carbonyl (C=O) groups excluding carboxylic acids is 1. The summed E-state index contributed by atoms with van der Waals surface area (Å²) in [7, 11) is 0. The number of hydrogen-bond donors (Lipinski definition) is 2. The topological polar surface area (TPSA) is 127 Å². The largest absolute Gasteiger partial charge is 0.328 e. The number of aromatic nitrogens is 2. The highest BCUT2D eigenvalue weighted by molar-refractivity contribution is 6.32. The van der Waals surface area contributed by atoms with Gasteiger partial charge in [-0.05, 0) is 18.2 Å². The van der Waals surface area contributed by atoms with E-state index in [0.29, 0.717) is 4.57 Å². The Morgan fingerprint density at radius 3 is 2.66 bits per heavy atom. The smallest absolute Gasteiger partial charge is 0.322 e. The van der Waals surface area contributed by atoms with Gasteiger partial charge in [-0.1, -0.05) is 29.8 Å². The van der Waals surface area contributed by atoms with Gasteiger partial charge in [-0.3, -0.25) is 24.3 Å². The molecule has 0 spiro atoms. The Bertz CT molecular complexity index is 1240. The lowest BCUT2D eigenvalue weighted by atomic mass is 10.2. The third-order valence-corrected chi connectivity index (χ3v) is 4.31. The van der Waals surface area contributed by atoms with Crippen molar-refractivity contribution in [3.63, 3.8) is 0 Å². The molecule has 2 N–H and O–H groups in total. The zero-order chi connectivity index (χ0) is 21.1. The standard InChI is InChI=1S/C18H12ClFN4O5/c19-13-6-5-11(7-15(13)24(28)29)22-16(25)12-8-21-18(27)23(17(12)26)9-10-3-1-2-4-14(10)20/h1-8H,9H2,(H,21,27)(H,22,25). The summed E-state index contributed by atoms with van der Waals surface area (Å²) in [4.78, 5) is 49.5. The predicted molar refractivity (Wildman–Crippen MR) is 103 cm³/mol. The number of halogens is 2. The van der Waals surface area contributed by atoms with Crippen molar-refractivity contribution in [1.29, 1.82) is 0 Å². The highest BCUT2D eigenvalue weighted by Gasteiger charge is 2.18. The Hall–Kier alpha value is -3.79. The first-order chi connectivity index (χ1) is 13.8. The molecule has 2 aromatic carbocycles. The molecule has 0 unspecified atom stereocenters. The summed E-state index contributed by atoms with van der Waals surface area (Å²) in [6, 6.07) is 9.15. The molecule has 0 atom stereocenters. The van der Waals surface area contributed by atoms with E-state index in [0.717, 1.165) is 12.3 Å². The summed E-state index contributed by atoms with van der Waals surface area (Å²) >= 11 is 5.72. The Balaban J connectivity index is 1.94. The second-order valence-corrected chi connectivity index (χ2v) is 6.27. The molecule has 0 bridgehead atoms. The zero-order valence-corrected chi connectivity index (χ0v) is 15.3. The lowest BCUT2D eigenvalue weighted by molar-refractivity contribution is -0.384. The van der Waals surface area contributed by atoms with Crippen molar-refractivity contribution in [1.82, 2.24) is 9.55 Å². The molecule has 1 heterocycles. The molecule has 11 heteroatoms. The molecule has 0 fully saturated rings. The predicted octanol–water partition coefficient (Wildman–Crippen LogP) is 2.54. The Morgan fingerprint density at radius 2 is 1.97 bits per heavy atom. The summed E-state index contributed by atoms with van der Waals surface area (Å²) in [6.07, 6.45) is 0.919. The van der Waals surface area contributed by atoms with Crippen LogP contribution in [0.2, 0.25) is 5.02 Å². The molecular formula is C18H12ClFN4O5. The number of nitrogens with one attached hydrogen (secondary N) is 2. The SMILES string of the molecule is O=C(Nc1ccc(Cl)c([N+](=O)[O-])c1)c1c[nH]c(=O)n(Cc2ccccc2F)c1=O. The Morgan fingerprint density at radius 1 is 1.24 bits per heavy atom. The zero-order valence-electron chi connectivity index (χ0n) is 14.5. The van der Waals surface area contributed by atoms with Gasteiger partial charge in [-0.15, -0.1) is 0 Å². The van der Waals surface area contributed by atoms with Gasteiger partial charge in [-0.25, -0.2) is 9.18 Å². The molecule has 29 heavy (non-hydrogen) atoms. The maximum atomic E-state index is 13.8. The van der Waals surface area contributed by atoms with E-state index in [1.165, 1.54) is 30.3 Å². The number of nitro benzene ring substituents is 1. The molecule has 0 aliphatic carbocycles. The summed E-state index contributed by atoms with van der Waals surface area (Å²) in [5.41, 5.74) is -2.51. The molecular weight excluding hydrogens is 407 g/mol. The molecule has 148 valence electrons. The quantitative estimate of drug-likeness (QED) is 0.486. The molecule has 0 aliphatic rings. The van der Waals surface area contributed by atoms with Gasteiger partial charge in [-0.2, -0.15) is 0 Å². The van der Waals surface area contributed by atoms with E-state index in [1.54, 1.807) is 6.07 Å². The highest BCUT2D eigenvalue weighted by atomic mass is 35.5. The van der Waals surface area contributed by atoms with Crippen molar-refractivity contribution in [3.05, 3.63) is 102 Å². The average Bonchev–Trinajstić information content (AvgIpc) is 2.67. The van der Waals surface area contributed by atoms with Crippen LogP contribution in [0.5, 0.6) is 0 Å². The van der Waals surface area contributed by atoms with Gasteiger partial charge < -0.3 is 10.3 Å². The number of rotatable bonds is 5. The average molecular weight is 419 g/mol. The van der Waals surface area contributed by atoms with E-state index in [9.17, 15) is 28.9 Å². The van der Waals surface area contributed by atoms with Crippen molar-refractivity contribution in [2.45, 2.75) is 6.54 Å². The second-order valence-electron chi connectivity index (χ2n) is 5.87. The summed E-state index contributed by atoms with van der Waals surface area (Å²) in [6.45, 7) is -0.381. The van der Waals surface area contributed by atoms with Crippen molar-refractivity contribution in [2.24, 2.45) is 0 Å². The van der Waals surface area contributed by atoms with E-state index in [2.05, 4.69) is 10.3 Å². The molecule has 0 saturated heterocycles. The lowest BCUT2D eigenvalue weighted by Crippen LogP contribution is -2.39. The fourth-order valence-corrected chi connectivity index (χ4v) is 2.73. The van der Waals surface area contributed by atoms with Crippen LogP contribution in [0.15, 0.2) is 58.3 Å². The number of carbonyl (C=O) groups is 1. The van der Waals surface area contributed by atoms with E-state index in [-0.39, 0.29) is 22.8 Å². The van der Waals surface area contributed by atoms with Gasteiger partial charge in [0.2, 0.25) is 0 Å². The van der Waals surface area contributed by atoms with Gasteiger partial charge in [0, 0.05) is 23.5 Å². The van der Waals surface area contributed by atoms with E-state index in [4.69, 9.17) is 11.6 Å². The molecule has 0 radical (unpaired) electrons.